The van der Waals surface area contributed by atoms with E-state index in [0.29, 0.717) is 13.0 Å². The van der Waals surface area contributed by atoms with Crippen LogP contribution in [0.1, 0.15) is 37.8 Å². The van der Waals surface area contributed by atoms with Crippen LogP contribution in [0, 0.1) is 0 Å². The van der Waals surface area contributed by atoms with Gasteiger partial charge in [0.2, 0.25) is 5.91 Å². The maximum Gasteiger partial charge on any atom is 0.225 e. The van der Waals surface area contributed by atoms with E-state index in [-0.39, 0.29) is 18.1 Å². The van der Waals surface area contributed by atoms with Crippen LogP contribution in [0.5, 0.6) is 0 Å². The van der Waals surface area contributed by atoms with Gasteiger partial charge < -0.3 is 14.4 Å². The lowest BCUT2D eigenvalue weighted by molar-refractivity contribution is -0.133. The van der Waals surface area contributed by atoms with E-state index in [4.69, 9.17) is 9.47 Å². The normalized spacial score (nSPS) is 16.7. The van der Waals surface area contributed by atoms with Gasteiger partial charge >= 0.3 is 0 Å². The van der Waals surface area contributed by atoms with Crippen LogP contribution in [-0.2, 0) is 14.3 Å². The van der Waals surface area contributed by atoms with Crippen molar-refractivity contribution in [1.82, 2.24) is 4.90 Å². The lowest BCUT2D eigenvalue weighted by Crippen LogP contribution is -2.31. The largest absolute Gasteiger partial charge is 0.381 e. The van der Waals surface area contributed by atoms with E-state index in [0.717, 1.165) is 31.6 Å². The minimum Gasteiger partial charge on any atom is -0.381 e. The third-order valence-electron chi connectivity index (χ3n) is 5.07. The molecule has 0 bridgehead atoms. The van der Waals surface area contributed by atoms with Crippen LogP contribution in [0.15, 0.2) is 42.5 Å². The number of ether oxygens (including phenoxy) is 2. The zero-order valence-electron chi connectivity index (χ0n) is 15.1. The Morgan fingerprint density at radius 3 is 2.68 bits per heavy atom. The summed E-state index contributed by atoms with van der Waals surface area (Å²) < 4.78 is 11.1. The van der Waals surface area contributed by atoms with Crippen molar-refractivity contribution in [2.45, 2.75) is 38.3 Å². The first-order valence-electron chi connectivity index (χ1n) is 9.09. The molecule has 4 heteroatoms. The van der Waals surface area contributed by atoms with Crippen LogP contribution in [-0.4, -0.2) is 43.8 Å². The SMILES string of the molecule is C[C@H](c1ccc2ccccc2c1)N(C)C(=O)CCOC1CCOCC1. The zero-order valence-corrected chi connectivity index (χ0v) is 15.1. The third kappa shape index (κ3) is 4.59. The Balaban J connectivity index is 1.54. The predicted molar refractivity (Wildman–Crippen MR) is 99.5 cm³/mol. The second-order valence-electron chi connectivity index (χ2n) is 6.72. The summed E-state index contributed by atoms with van der Waals surface area (Å²) in [6.07, 6.45) is 2.52. The van der Waals surface area contributed by atoms with E-state index < -0.39 is 0 Å². The van der Waals surface area contributed by atoms with Crippen LogP contribution in [0.2, 0.25) is 0 Å². The number of carbonyl (C=O) groups is 1. The molecule has 0 spiro atoms. The Kier molecular flexibility index (Phi) is 6.05. The fraction of sp³-hybridized carbons (Fsp3) is 0.476. The highest BCUT2D eigenvalue weighted by Crippen LogP contribution is 2.24. The van der Waals surface area contributed by atoms with Crippen molar-refractivity contribution in [3.8, 4) is 0 Å². The summed E-state index contributed by atoms with van der Waals surface area (Å²) in [5, 5.41) is 2.42. The molecular formula is C21H27NO3. The smallest absolute Gasteiger partial charge is 0.225 e. The molecule has 1 fully saturated rings. The Hall–Kier alpha value is -1.91. The molecule has 2 aromatic rings. The van der Waals surface area contributed by atoms with Crippen molar-refractivity contribution in [2.75, 3.05) is 26.9 Å². The molecule has 1 aliphatic rings. The molecule has 3 rings (SSSR count). The quantitative estimate of drug-likeness (QED) is 0.799. The number of amides is 1. The maximum absolute atomic E-state index is 12.5. The van der Waals surface area contributed by atoms with Gasteiger partial charge in [-0.05, 0) is 42.2 Å². The summed E-state index contributed by atoms with van der Waals surface area (Å²) in [4.78, 5) is 14.3. The summed E-state index contributed by atoms with van der Waals surface area (Å²) in [6, 6.07) is 14.7. The number of carbonyl (C=O) groups excluding carboxylic acids is 1. The summed E-state index contributed by atoms with van der Waals surface area (Å²) >= 11 is 0. The van der Waals surface area contributed by atoms with Gasteiger partial charge in [0, 0.05) is 20.3 Å². The Bertz CT molecular complexity index is 709. The number of rotatable bonds is 6. The molecule has 1 amide bonds. The van der Waals surface area contributed by atoms with E-state index in [2.05, 4.69) is 37.3 Å². The van der Waals surface area contributed by atoms with Gasteiger partial charge in [0.1, 0.15) is 0 Å². The van der Waals surface area contributed by atoms with E-state index >= 15 is 0 Å². The van der Waals surface area contributed by atoms with Gasteiger partial charge in [-0.15, -0.1) is 0 Å². The Morgan fingerprint density at radius 2 is 1.92 bits per heavy atom. The summed E-state index contributed by atoms with van der Waals surface area (Å²) in [5.74, 6) is 0.118. The lowest BCUT2D eigenvalue weighted by atomic mass is 10.0. The molecule has 25 heavy (non-hydrogen) atoms. The van der Waals surface area contributed by atoms with Gasteiger partial charge in [-0.25, -0.2) is 0 Å². The molecule has 0 aromatic heterocycles. The lowest BCUT2D eigenvalue weighted by Gasteiger charge is -2.27. The van der Waals surface area contributed by atoms with Crippen molar-refractivity contribution in [2.24, 2.45) is 0 Å². The third-order valence-corrected chi connectivity index (χ3v) is 5.07. The average molecular weight is 341 g/mol. The van der Waals surface area contributed by atoms with Gasteiger partial charge in [0.25, 0.3) is 0 Å². The molecule has 0 unspecified atom stereocenters. The zero-order chi connectivity index (χ0) is 17.6. The Morgan fingerprint density at radius 1 is 1.20 bits per heavy atom. The van der Waals surface area contributed by atoms with Gasteiger partial charge in [-0.3, -0.25) is 4.79 Å². The van der Waals surface area contributed by atoms with Crippen LogP contribution in [0.3, 0.4) is 0 Å². The van der Waals surface area contributed by atoms with Crippen molar-refractivity contribution in [3.63, 3.8) is 0 Å². The van der Waals surface area contributed by atoms with Gasteiger partial charge in [0.05, 0.1) is 25.2 Å². The van der Waals surface area contributed by atoms with Gasteiger partial charge in [-0.1, -0.05) is 36.4 Å². The van der Waals surface area contributed by atoms with Crippen molar-refractivity contribution < 1.29 is 14.3 Å². The van der Waals surface area contributed by atoms with Crippen molar-refractivity contribution in [1.29, 1.82) is 0 Å². The summed E-state index contributed by atoms with van der Waals surface area (Å²) in [7, 11) is 1.87. The van der Waals surface area contributed by atoms with E-state index in [1.807, 2.05) is 24.1 Å². The summed E-state index contributed by atoms with van der Waals surface area (Å²) in [6.45, 7) is 4.08. The first kappa shape index (κ1) is 17.9. The van der Waals surface area contributed by atoms with Gasteiger partial charge in [-0.2, -0.15) is 0 Å². The summed E-state index contributed by atoms with van der Waals surface area (Å²) in [5.41, 5.74) is 1.15. The molecule has 1 atom stereocenters. The number of fused-ring (bicyclic) bond motifs is 1. The second kappa shape index (κ2) is 8.45. The highest BCUT2D eigenvalue weighted by molar-refractivity contribution is 5.83. The number of hydrogen-bond acceptors (Lipinski definition) is 3. The first-order chi connectivity index (χ1) is 12.1. The standard InChI is InChI=1S/C21H27NO3/c1-16(18-8-7-17-5-3-4-6-19(17)15-18)22(2)21(23)11-14-25-20-9-12-24-13-10-20/h3-8,15-16,20H,9-14H2,1-2H3/t16-/m1/s1. The molecule has 2 aromatic carbocycles. The second-order valence-corrected chi connectivity index (χ2v) is 6.72. The molecular weight excluding hydrogens is 314 g/mol. The van der Waals surface area contributed by atoms with E-state index in [1.54, 1.807) is 0 Å². The minimum atomic E-state index is 0.0418. The topological polar surface area (TPSA) is 38.8 Å². The van der Waals surface area contributed by atoms with Crippen LogP contribution >= 0.6 is 0 Å². The van der Waals surface area contributed by atoms with Crippen LogP contribution < -0.4 is 0 Å². The van der Waals surface area contributed by atoms with Crippen molar-refractivity contribution in [3.05, 3.63) is 48.0 Å². The monoisotopic (exact) mass is 341 g/mol. The predicted octanol–water partition coefficient (Wildman–Crippen LogP) is 3.94. The first-order valence-corrected chi connectivity index (χ1v) is 9.09. The molecule has 134 valence electrons. The molecule has 0 saturated carbocycles. The molecule has 1 saturated heterocycles. The van der Waals surface area contributed by atoms with Crippen LogP contribution in [0.4, 0.5) is 0 Å². The highest BCUT2D eigenvalue weighted by atomic mass is 16.5. The van der Waals surface area contributed by atoms with Gasteiger partial charge in [0.15, 0.2) is 0 Å². The fourth-order valence-corrected chi connectivity index (χ4v) is 3.24. The Labute approximate surface area is 149 Å². The fourth-order valence-electron chi connectivity index (χ4n) is 3.24. The number of nitrogens with zero attached hydrogens (tertiary/aromatic N) is 1. The number of hydrogen-bond donors (Lipinski definition) is 0. The molecule has 4 nitrogen and oxygen atoms in total. The minimum absolute atomic E-state index is 0.0418. The molecule has 1 heterocycles. The highest BCUT2D eigenvalue weighted by Gasteiger charge is 2.19. The van der Waals surface area contributed by atoms with Crippen LogP contribution in [0.25, 0.3) is 10.8 Å². The van der Waals surface area contributed by atoms with Crippen molar-refractivity contribution >= 4 is 16.7 Å². The van der Waals surface area contributed by atoms with E-state index in [9.17, 15) is 4.79 Å². The molecule has 1 aliphatic heterocycles. The molecule has 0 aliphatic carbocycles. The number of benzene rings is 2. The molecule has 0 radical (unpaired) electrons. The molecule has 0 N–H and O–H groups in total. The maximum atomic E-state index is 12.5. The average Bonchev–Trinajstić information content (AvgIpc) is 2.67. The van der Waals surface area contributed by atoms with E-state index in [1.165, 1.54) is 10.8 Å².